The third kappa shape index (κ3) is 3.03. The van der Waals surface area contributed by atoms with Crippen molar-refractivity contribution in [1.82, 2.24) is 4.98 Å². The van der Waals surface area contributed by atoms with Crippen LogP contribution in [0.3, 0.4) is 0 Å². The fraction of sp³-hybridized carbons (Fsp3) is 0.214. The molecule has 3 heteroatoms. The topological polar surface area (TPSA) is 38.9 Å². The summed E-state index contributed by atoms with van der Waals surface area (Å²) in [4.78, 5) is 4.01. The van der Waals surface area contributed by atoms with Crippen LogP contribution in [0, 0.1) is 12.7 Å². The maximum absolute atomic E-state index is 13.4. The lowest BCUT2D eigenvalue weighted by atomic mass is 10.1. The molecule has 88 valence electrons. The predicted molar refractivity (Wildman–Crippen MR) is 67.2 cm³/mol. The van der Waals surface area contributed by atoms with Crippen LogP contribution < -0.4 is 5.73 Å². The highest BCUT2D eigenvalue weighted by Crippen LogP contribution is 2.12. The second-order valence-electron chi connectivity index (χ2n) is 4.15. The molecule has 0 radical (unpaired) electrons. The molecule has 0 fully saturated rings. The Morgan fingerprint density at radius 2 is 2.00 bits per heavy atom. The molecule has 2 rings (SSSR count). The molecule has 0 aliphatic heterocycles. The van der Waals surface area contributed by atoms with Gasteiger partial charge in [0.2, 0.25) is 0 Å². The van der Waals surface area contributed by atoms with Crippen molar-refractivity contribution in [1.29, 1.82) is 0 Å². The van der Waals surface area contributed by atoms with E-state index in [1.165, 1.54) is 23.3 Å². The molecule has 2 aromatic rings. The first kappa shape index (κ1) is 11.6. The van der Waals surface area contributed by atoms with Crippen molar-refractivity contribution in [2.45, 2.75) is 19.8 Å². The van der Waals surface area contributed by atoms with Gasteiger partial charge in [0, 0.05) is 0 Å². The summed E-state index contributed by atoms with van der Waals surface area (Å²) in [5.41, 5.74) is 8.38. The fourth-order valence-corrected chi connectivity index (χ4v) is 1.81. The van der Waals surface area contributed by atoms with Crippen LogP contribution in [-0.2, 0) is 12.8 Å². The first-order valence-corrected chi connectivity index (χ1v) is 5.61. The molecule has 17 heavy (non-hydrogen) atoms. The van der Waals surface area contributed by atoms with E-state index < -0.39 is 0 Å². The molecule has 0 aliphatic rings. The van der Waals surface area contributed by atoms with Crippen molar-refractivity contribution in [3.05, 3.63) is 59.0 Å². The monoisotopic (exact) mass is 230 g/mol. The lowest BCUT2D eigenvalue weighted by Gasteiger charge is -2.04. The Morgan fingerprint density at radius 1 is 1.18 bits per heavy atom. The summed E-state index contributed by atoms with van der Waals surface area (Å²) in [7, 11) is 0. The minimum absolute atomic E-state index is 0.285. The lowest BCUT2D eigenvalue weighted by Crippen LogP contribution is -2.01. The maximum atomic E-state index is 13.4. The molecular weight excluding hydrogens is 215 g/mol. The van der Waals surface area contributed by atoms with Gasteiger partial charge < -0.3 is 5.73 Å². The predicted octanol–water partition coefficient (Wildman–Crippen LogP) is 2.90. The van der Waals surface area contributed by atoms with E-state index in [9.17, 15) is 4.39 Å². The molecule has 0 bridgehead atoms. The molecule has 0 saturated carbocycles. The number of halogens is 1. The average Bonchev–Trinajstić information content (AvgIpc) is 2.30. The molecule has 0 atom stereocenters. The van der Waals surface area contributed by atoms with Crippen molar-refractivity contribution >= 4 is 5.82 Å². The molecular formula is C14H15FN2. The largest absolute Gasteiger partial charge is 0.384 e. The third-order valence-corrected chi connectivity index (χ3v) is 2.67. The van der Waals surface area contributed by atoms with Gasteiger partial charge in [0.1, 0.15) is 11.6 Å². The van der Waals surface area contributed by atoms with E-state index >= 15 is 0 Å². The first-order valence-electron chi connectivity index (χ1n) is 5.61. The number of anilines is 1. The van der Waals surface area contributed by atoms with Crippen molar-refractivity contribution in [3.8, 4) is 0 Å². The maximum Gasteiger partial charge on any atom is 0.144 e. The number of aryl methyl sites for hydroxylation is 3. The van der Waals surface area contributed by atoms with Gasteiger partial charge in [0.25, 0.3) is 0 Å². The number of nitrogens with two attached hydrogens (primary N) is 1. The van der Waals surface area contributed by atoms with E-state index in [1.54, 1.807) is 0 Å². The molecule has 0 aliphatic carbocycles. The quantitative estimate of drug-likeness (QED) is 0.880. The van der Waals surface area contributed by atoms with E-state index in [1.807, 2.05) is 25.1 Å². The van der Waals surface area contributed by atoms with E-state index in [0.717, 1.165) is 6.42 Å². The van der Waals surface area contributed by atoms with Crippen LogP contribution in [0.2, 0.25) is 0 Å². The summed E-state index contributed by atoms with van der Waals surface area (Å²) in [6.45, 7) is 2.04. The Bertz CT molecular complexity index is 523. The highest BCUT2D eigenvalue weighted by Gasteiger charge is 2.04. The number of rotatable bonds is 3. The minimum atomic E-state index is -0.285. The Labute approximate surface area is 100 Å². The van der Waals surface area contributed by atoms with Crippen LogP contribution >= 0.6 is 0 Å². The lowest BCUT2D eigenvalue weighted by molar-refractivity contribution is 0.598. The average molecular weight is 230 g/mol. The van der Waals surface area contributed by atoms with Gasteiger partial charge in [0.15, 0.2) is 0 Å². The molecule has 0 saturated heterocycles. The summed E-state index contributed by atoms with van der Waals surface area (Å²) in [5, 5.41) is 0. The van der Waals surface area contributed by atoms with E-state index in [4.69, 9.17) is 5.73 Å². The minimum Gasteiger partial charge on any atom is -0.384 e. The molecule has 1 aromatic heterocycles. The second kappa shape index (κ2) is 4.95. The normalized spacial score (nSPS) is 10.5. The first-order chi connectivity index (χ1) is 8.15. The van der Waals surface area contributed by atoms with Crippen molar-refractivity contribution in [3.63, 3.8) is 0 Å². The Kier molecular flexibility index (Phi) is 3.38. The van der Waals surface area contributed by atoms with Crippen LogP contribution in [0.25, 0.3) is 0 Å². The number of hydrogen-bond acceptors (Lipinski definition) is 2. The van der Waals surface area contributed by atoms with Crippen LogP contribution in [-0.4, -0.2) is 4.98 Å². The molecule has 2 nitrogen and oxygen atoms in total. The number of pyridine rings is 1. The van der Waals surface area contributed by atoms with Crippen molar-refractivity contribution < 1.29 is 4.39 Å². The second-order valence-corrected chi connectivity index (χ2v) is 4.15. The van der Waals surface area contributed by atoms with Gasteiger partial charge in [-0.05, 0) is 37.5 Å². The Balaban J connectivity index is 2.09. The highest BCUT2D eigenvalue weighted by molar-refractivity contribution is 5.30. The fourth-order valence-electron chi connectivity index (χ4n) is 1.81. The van der Waals surface area contributed by atoms with Crippen molar-refractivity contribution in [2.75, 3.05) is 5.73 Å². The zero-order valence-corrected chi connectivity index (χ0v) is 9.78. The van der Waals surface area contributed by atoms with Gasteiger partial charge in [-0.15, -0.1) is 0 Å². The van der Waals surface area contributed by atoms with Crippen molar-refractivity contribution in [2.24, 2.45) is 0 Å². The smallest absolute Gasteiger partial charge is 0.144 e. The van der Waals surface area contributed by atoms with Crippen LogP contribution in [0.4, 0.5) is 10.2 Å². The van der Waals surface area contributed by atoms with Gasteiger partial charge in [-0.3, -0.25) is 0 Å². The number of nitrogens with zero attached hydrogens (tertiary/aromatic N) is 1. The van der Waals surface area contributed by atoms with Gasteiger partial charge >= 0.3 is 0 Å². The van der Waals surface area contributed by atoms with Gasteiger partial charge in [-0.25, -0.2) is 9.37 Å². The SMILES string of the molecule is Cc1cccc(CCc2nc(N)ccc2F)c1. The van der Waals surface area contributed by atoms with Gasteiger partial charge in [0.05, 0.1) is 5.69 Å². The van der Waals surface area contributed by atoms with Crippen LogP contribution in [0.5, 0.6) is 0 Å². The molecule has 1 aromatic carbocycles. The summed E-state index contributed by atoms with van der Waals surface area (Å²) in [6, 6.07) is 11.0. The zero-order chi connectivity index (χ0) is 12.3. The number of nitrogen functional groups attached to an aromatic ring is 1. The zero-order valence-electron chi connectivity index (χ0n) is 9.78. The van der Waals surface area contributed by atoms with Gasteiger partial charge in [-0.2, -0.15) is 0 Å². The number of benzene rings is 1. The summed E-state index contributed by atoms with van der Waals surface area (Å²) >= 11 is 0. The standard InChI is InChI=1S/C14H15FN2/c1-10-3-2-4-11(9-10)5-7-13-12(15)6-8-14(16)17-13/h2-4,6,8-9H,5,7H2,1H3,(H2,16,17). The molecule has 0 unspecified atom stereocenters. The Morgan fingerprint density at radius 3 is 2.76 bits per heavy atom. The van der Waals surface area contributed by atoms with E-state index in [-0.39, 0.29) is 5.82 Å². The van der Waals surface area contributed by atoms with E-state index in [0.29, 0.717) is 17.9 Å². The van der Waals surface area contributed by atoms with E-state index in [2.05, 4.69) is 11.1 Å². The molecule has 0 amide bonds. The summed E-state index contributed by atoms with van der Waals surface area (Å²) in [5.74, 6) is 0.0810. The van der Waals surface area contributed by atoms with Crippen LogP contribution in [0.1, 0.15) is 16.8 Å². The summed E-state index contributed by atoms with van der Waals surface area (Å²) in [6.07, 6.45) is 1.34. The van der Waals surface area contributed by atoms with Gasteiger partial charge in [-0.1, -0.05) is 29.8 Å². The third-order valence-electron chi connectivity index (χ3n) is 2.67. The number of hydrogen-bond donors (Lipinski definition) is 1. The molecule has 1 heterocycles. The molecule has 2 N–H and O–H groups in total. The summed E-state index contributed by atoms with van der Waals surface area (Å²) < 4.78 is 13.4. The Hall–Kier alpha value is -1.90. The highest BCUT2D eigenvalue weighted by atomic mass is 19.1. The molecule has 0 spiro atoms. The van der Waals surface area contributed by atoms with Crippen LogP contribution in [0.15, 0.2) is 36.4 Å². The number of aromatic nitrogens is 1.